The van der Waals surface area contributed by atoms with E-state index < -0.39 is 0 Å². The number of ether oxygens (including phenoxy) is 3. The molecule has 2 aliphatic rings. The van der Waals surface area contributed by atoms with Crippen LogP contribution in [0, 0.1) is 11.3 Å². The lowest BCUT2D eigenvalue weighted by molar-refractivity contribution is -0.155. The predicted octanol–water partition coefficient (Wildman–Crippen LogP) is 3.43. The summed E-state index contributed by atoms with van der Waals surface area (Å²) in [6, 6.07) is 7.74. The molecule has 1 aromatic rings. The summed E-state index contributed by atoms with van der Waals surface area (Å²) in [6.07, 6.45) is 3.70. The molecule has 0 aromatic heterocycles. The minimum absolute atomic E-state index is 0.0939. The van der Waals surface area contributed by atoms with Gasteiger partial charge in [0.15, 0.2) is 0 Å². The molecule has 0 radical (unpaired) electrons. The van der Waals surface area contributed by atoms with E-state index in [4.69, 9.17) is 14.2 Å². The molecule has 4 nitrogen and oxygen atoms in total. The Morgan fingerprint density at radius 2 is 2.10 bits per heavy atom. The SMILES string of the molecule is N#Cc1cc(Br)ccc1OC1CCOC2(CCOCC2)C1. The Labute approximate surface area is 133 Å². The number of nitriles is 1. The van der Waals surface area contributed by atoms with Crippen LogP contribution in [0.1, 0.15) is 31.2 Å². The predicted molar refractivity (Wildman–Crippen MR) is 81.2 cm³/mol. The van der Waals surface area contributed by atoms with Gasteiger partial charge in [-0.25, -0.2) is 0 Å². The molecule has 0 bridgehead atoms. The fraction of sp³-hybridized carbons (Fsp3) is 0.562. The number of halogens is 1. The van der Waals surface area contributed by atoms with Crippen LogP contribution in [-0.2, 0) is 9.47 Å². The number of rotatable bonds is 2. The average molecular weight is 352 g/mol. The zero-order valence-electron chi connectivity index (χ0n) is 11.8. The highest BCUT2D eigenvalue weighted by Gasteiger charge is 2.40. The van der Waals surface area contributed by atoms with Crippen molar-refractivity contribution >= 4 is 15.9 Å². The van der Waals surface area contributed by atoms with Crippen LogP contribution in [0.4, 0.5) is 0 Å². The minimum Gasteiger partial charge on any atom is -0.489 e. The molecule has 0 amide bonds. The van der Waals surface area contributed by atoms with Crippen LogP contribution in [0.3, 0.4) is 0 Å². The second-order valence-corrected chi connectivity index (χ2v) is 6.54. The Balaban J connectivity index is 1.71. The van der Waals surface area contributed by atoms with E-state index in [1.807, 2.05) is 12.1 Å². The van der Waals surface area contributed by atoms with E-state index in [1.54, 1.807) is 6.07 Å². The lowest BCUT2D eigenvalue weighted by Crippen LogP contribution is -2.47. The van der Waals surface area contributed by atoms with E-state index in [0.29, 0.717) is 17.9 Å². The number of nitrogens with zero attached hydrogens (tertiary/aromatic N) is 1. The zero-order valence-corrected chi connectivity index (χ0v) is 13.4. The van der Waals surface area contributed by atoms with Gasteiger partial charge in [-0.2, -0.15) is 5.26 Å². The van der Waals surface area contributed by atoms with Gasteiger partial charge in [0, 0.05) is 30.5 Å². The largest absolute Gasteiger partial charge is 0.489 e. The van der Waals surface area contributed by atoms with Gasteiger partial charge in [0.2, 0.25) is 0 Å². The van der Waals surface area contributed by atoms with Gasteiger partial charge in [-0.05, 0) is 31.0 Å². The van der Waals surface area contributed by atoms with Crippen molar-refractivity contribution < 1.29 is 14.2 Å². The first-order valence-corrected chi connectivity index (χ1v) is 8.08. The second kappa shape index (κ2) is 6.35. The smallest absolute Gasteiger partial charge is 0.137 e. The monoisotopic (exact) mass is 351 g/mol. The van der Waals surface area contributed by atoms with Gasteiger partial charge in [-0.1, -0.05) is 15.9 Å². The molecule has 1 unspecified atom stereocenters. The van der Waals surface area contributed by atoms with Crippen LogP contribution in [0.5, 0.6) is 5.75 Å². The Kier molecular flexibility index (Phi) is 4.48. The summed E-state index contributed by atoms with van der Waals surface area (Å²) in [4.78, 5) is 0. The van der Waals surface area contributed by atoms with Crippen molar-refractivity contribution in [2.24, 2.45) is 0 Å². The maximum atomic E-state index is 9.22. The highest BCUT2D eigenvalue weighted by Crippen LogP contribution is 2.36. The van der Waals surface area contributed by atoms with E-state index in [1.165, 1.54) is 0 Å². The highest BCUT2D eigenvalue weighted by molar-refractivity contribution is 9.10. The van der Waals surface area contributed by atoms with Crippen LogP contribution in [0.25, 0.3) is 0 Å². The molecule has 3 rings (SSSR count). The van der Waals surface area contributed by atoms with E-state index in [-0.39, 0.29) is 11.7 Å². The topological polar surface area (TPSA) is 51.5 Å². The van der Waals surface area contributed by atoms with E-state index in [0.717, 1.165) is 43.4 Å². The standard InChI is InChI=1S/C16H18BrNO3/c17-13-1-2-15(12(9-13)11-18)21-14-3-6-20-16(10-14)4-7-19-8-5-16/h1-2,9,14H,3-8,10H2. The van der Waals surface area contributed by atoms with Gasteiger partial charge in [0.1, 0.15) is 17.9 Å². The van der Waals surface area contributed by atoms with E-state index >= 15 is 0 Å². The van der Waals surface area contributed by atoms with Gasteiger partial charge in [0.05, 0.1) is 17.8 Å². The summed E-state index contributed by atoms with van der Waals surface area (Å²) in [6.45, 7) is 2.23. The van der Waals surface area contributed by atoms with Crippen LogP contribution in [-0.4, -0.2) is 31.5 Å². The highest BCUT2D eigenvalue weighted by atomic mass is 79.9. The number of benzene rings is 1. The molecule has 0 saturated carbocycles. The first-order chi connectivity index (χ1) is 10.2. The first-order valence-electron chi connectivity index (χ1n) is 7.29. The van der Waals surface area contributed by atoms with E-state index in [2.05, 4.69) is 22.0 Å². The van der Waals surface area contributed by atoms with Gasteiger partial charge in [-0.15, -0.1) is 0 Å². The van der Waals surface area contributed by atoms with Crippen molar-refractivity contribution in [2.75, 3.05) is 19.8 Å². The van der Waals surface area contributed by atoms with Crippen LogP contribution in [0.2, 0.25) is 0 Å². The molecule has 2 fully saturated rings. The molecule has 5 heteroatoms. The van der Waals surface area contributed by atoms with Crippen LogP contribution in [0.15, 0.2) is 22.7 Å². The van der Waals surface area contributed by atoms with Crippen molar-refractivity contribution in [2.45, 2.75) is 37.4 Å². The molecule has 0 N–H and O–H groups in total. The van der Waals surface area contributed by atoms with Crippen LogP contribution >= 0.6 is 15.9 Å². The van der Waals surface area contributed by atoms with Gasteiger partial charge < -0.3 is 14.2 Å². The summed E-state index contributed by atoms with van der Waals surface area (Å²) in [5, 5.41) is 9.22. The fourth-order valence-corrected chi connectivity index (χ4v) is 3.41. The maximum Gasteiger partial charge on any atom is 0.137 e. The molecule has 1 spiro atoms. The fourth-order valence-electron chi connectivity index (χ4n) is 3.05. The molecular formula is C16H18BrNO3. The normalized spacial score (nSPS) is 24.5. The molecule has 1 aromatic carbocycles. The number of hydrogen-bond acceptors (Lipinski definition) is 4. The van der Waals surface area contributed by atoms with Gasteiger partial charge in [0.25, 0.3) is 0 Å². The quantitative estimate of drug-likeness (QED) is 0.818. The molecule has 112 valence electrons. The molecule has 2 aliphatic heterocycles. The molecule has 21 heavy (non-hydrogen) atoms. The molecule has 2 heterocycles. The third-order valence-electron chi connectivity index (χ3n) is 4.21. The summed E-state index contributed by atoms with van der Waals surface area (Å²) in [5.41, 5.74) is 0.473. The lowest BCUT2D eigenvalue weighted by atomic mass is 9.85. The third kappa shape index (κ3) is 3.39. The molecule has 0 aliphatic carbocycles. The van der Waals surface area contributed by atoms with Crippen molar-refractivity contribution in [3.05, 3.63) is 28.2 Å². The second-order valence-electron chi connectivity index (χ2n) is 5.63. The summed E-state index contributed by atoms with van der Waals surface area (Å²) >= 11 is 3.38. The molecular weight excluding hydrogens is 334 g/mol. The van der Waals surface area contributed by atoms with Crippen molar-refractivity contribution in [1.82, 2.24) is 0 Å². The Bertz CT molecular complexity index is 543. The Morgan fingerprint density at radius 3 is 2.86 bits per heavy atom. The number of hydrogen-bond donors (Lipinski definition) is 0. The summed E-state index contributed by atoms with van der Waals surface area (Å²) in [7, 11) is 0. The van der Waals surface area contributed by atoms with Gasteiger partial charge in [-0.3, -0.25) is 0 Å². The van der Waals surface area contributed by atoms with E-state index in [9.17, 15) is 5.26 Å². The zero-order chi connectivity index (χ0) is 14.7. The minimum atomic E-state index is -0.0939. The average Bonchev–Trinajstić information content (AvgIpc) is 2.50. The Morgan fingerprint density at radius 1 is 1.29 bits per heavy atom. The van der Waals surface area contributed by atoms with Crippen LogP contribution < -0.4 is 4.74 Å². The first kappa shape index (κ1) is 14.8. The summed E-state index contributed by atoms with van der Waals surface area (Å²) < 4.78 is 18.4. The Hall–Kier alpha value is -1.09. The summed E-state index contributed by atoms with van der Waals surface area (Å²) in [5.74, 6) is 0.662. The molecule has 2 saturated heterocycles. The third-order valence-corrected chi connectivity index (χ3v) is 4.70. The van der Waals surface area contributed by atoms with Crippen molar-refractivity contribution in [1.29, 1.82) is 5.26 Å². The maximum absolute atomic E-state index is 9.22. The lowest BCUT2D eigenvalue weighted by Gasteiger charge is -2.43. The van der Waals surface area contributed by atoms with Crippen molar-refractivity contribution in [3.63, 3.8) is 0 Å². The molecule has 1 atom stereocenters. The van der Waals surface area contributed by atoms with Gasteiger partial charge >= 0.3 is 0 Å². The van der Waals surface area contributed by atoms with Crippen molar-refractivity contribution in [3.8, 4) is 11.8 Å².